The van der Waals surface area contributed by atoms with Gasteiger partial charge in [0.1, 0.15) is 5.82 Å². The molecule has 0 unspecified atom stereocenters. The summed E-state index contributed by atoms with van der Waals surface area (Å²) in [5.74, 6) is 0.552. The molecule has 0 N–H and O–H groups in total. The van der Waals surface area contributed by atoms with Crippen LogP contribution >= 0.6 is 0 Å². The van der Waals surface area contributed by atoms with Crippen molar-refractivity contribution in [3.8, 4) is 0 Å². The average Bonchev–Trinajstić information content (AvgIpc) is 2.59. The van der Waals surface area contributed by atoms with E-state index in [-0.39, 0.29) is 6.54 Å². The summed E-state index contributed by atoms with van der Waals surface area (Å²) >= 11 is 0. The predicted octanol–water partition coefficient (Wildman–Crippen LogP) is 1.55. The number of alkyl halides is 3. The molecule has 1 aromatic rings. The average molecular weight is 251 g/mol. The number of hydrogen-bond donors (Lipinski definition) is 0. The number of halogens is 3. The third-order valence-corrected chi connectivity index (χ3v) is 1.97. The number of carbonyl (C=O) groups is 1. The summed E-state index contributed by atoms with van der Waals surface area (Å²) in [6, 6.07) is 0. The summed E-state index contributed by atoms with van der Waals surface area (Å²) in [7, 11) is 3.06. The summed E-state index contributed by atoms with van der Waals surface area (Å²) in [5, 5.41) is 0. The number of aromatic nitrogens is 2. The maximum Gasteiger partial charge on any atom is 0.422 e. The number of aryl methyl sites for hydroxylation is 1. The van der Waals surface area contributed by atoms with Gasteiger partial charge in [-0.1, -0.05) is 0 Å². The van der Waals surface area contributed by atoms with Gasteiger partial charge in [-0.05, 0) is 0 Å². The van der Waals surface area contributed by atoms with Crippen molar-refractivity contribution in [3.05, 3.63) is 18.2 Å². The van der Waals surface area contributed by atoms with Gasteiger partial charge < -0.3 is 14.2 Å². The lowest BCUT2D eigenvalue weighted by Crippen LogP contribution is -2.31. The van der Waals surface area contributed by atoms with E-state index in [0.29, 0.717) is 5.82 Å². The van der Waals surface area contributed by atoms with E-state index >= 15 is 0 Å². The van der Waals surface area contributed by atoms with Gasteiger partial charge in [0, 0.05) is 26.5 Å². The van der Waals surface area contributed by atoms with Gasteiger partial charge in [-0.2, -0.15) is 13.2 Å². The van der Waals surface area contributed by atoms with E-state index in [9.17, 15) is 18.0 Å². The topological polar surface area (TPSA) is 47.4 Å². The van der Waals surface area contributed by atoms with Crippen LogP contribution in [0.5, 0.6) is 0 Å². The van der Waals surface area contributed by atoms with E-state index in [2.05, 4.69) is 9.72 Å². The standard InChI is InChI=1S/C9H12F3N3O2/c1-14-4-3-13-7(14)5-15(2)8(16)17-6-9(10,11)12/h3-4H,5-6H2,1-2H3. The molecule has 0 aliphatic carbocycles. The van der Waals surface area contributed by atoms with Gasteiger partial charge in [0.05, 0.1) is 6.54 Å². The minimum atomic E-state index is -4.51. The first-order valence-electron chi connectivity index (χ1n) is 4.70. The SMILES string of the molecule is CN(Cc1nccn1C)C(=O)OCC(F)(F)F. The second-order valence-corrected chi connectivity index (χ2v) is 3.48. The smallest absolute Gasteiger partial charge is 0.422 e. The van der Waals surface area contributed by atoms with Crippen LogP contribution in [0.1, 0.15) is 5.82 Å². The molecule has 0 saturated heterocycles. The van der Waals surface area contributed by atoms with Crippen LogP contribution in [0.2, 0.25) is 0 Å². The third kappa shape index (κ3) is 4.33. The lowest BCUT2D eigenvalue weighted by Gasteiger charge is -2.17. The van der Waals surface area contributed by atoms with Crippen LogP contribution in [-0.4, -0.2) is 40.4 Å². The Hall–Kier alpha value is -1.73. The number of hydrogen-bond acceptors (Lipinski definition) is 3. The number of amides is 1. The van der Waals surface area contributed by atoms with Gasteiger partial charge in [-0.25, -0.2) is 9.78 Å². The fourth-order valence-electron chi connectivity index (χ4n) is 1.08. The molecule has 5 nitrogen and oxygen atoms in total. The molecule has 0 radical (unpaired) electrons. The second kappa shape index (κ2) is 5.07. The van der Waals surface area contributed by atoms with Crippen molar-refractivity contribution >= 4 is 6.09 Å². The van der Waals surface area contributed by atoms with Crippen LogP contribution in [0.15, 0.2) is 12.4 Å². The molecule has 0 aliphatic rings. The maximum absolute atomic E-state index is 11.8. The Morgan fingerprint density at radius 3 is 2.71 bits per heavy atom. The number of ether oxygens (including phenoxy) is 1. The van der Waals surface area contributed by atoms with Gasteiger partial charge in [0.25, 0.3) is 0 Å². The van der Waals surface area contributed by atoms with Crippen LogP contribution in [0, 0.1) is 0 Å². The minimum absolute atomic E-state index is 0.0835. The van der Waals surface area contributed by atoms with Crippen LogP contribution in [-0.2, 0) is 18.3 Å². The lowest BCUT2D eigenvalue weighted by molar-refractivity contribution is -0.162. The molecule has 0 fully saturated rings. The molecule has 0 spiro atoms. The summed E-state index contributed by atoms with van der Waals surface area (Å²) in [4.78, 5) is 16.2. The fraction of sp³-hybridized carbons (Fsp3) is 0.556. The molecule has 0 aliphatic heterocycles. The van der Waals surface area contributed by atoms with Crippen molar-refractivity contribution in [1.82, 2.24) is 14.5 Å². The molecule has 96 valence electrons. The number of imidazole rings is 1. The molecule has 1 amide bonds. The summed E-state index contributed by atoms with van der Waals surface area (Å²) in [6.45, 7) is -1.50. The van der Waals surface area contributed by atoms with E-state index < -0.39 is 18.9 Å². The van der Waals surface area contributed by atoms with Gasteiger partial charge in [0.2, 0.25) is 0 Å². The van der Waals surface area contributed by atoms with E-state index in [0.717, 1.165) is 4.90 Å². The molecular formula is C9H12F3N3O2. The highest BCUT2D eigenvalue weighted by molar-refractivity contribution is 5.67. The zero-order valence-electron chi connectivity index (χ0n) is 9.36. The molecule has 0 atom stereocenters. The normalized spacial score (nSPS) is 11.4. The predicted molar refractivity (Wildman–Crippen MR) is 52.1 cm³/mol. The van der Waals surface area contributed by atoms with Gasteiger partial charge in [-0.15, -0.1) is 0 Å². The minimum Gasteiger partial charge on any atom is -0.440 e. The van der Waals surface area contributed by atoms with E-state index in [1.807, 2.05) is 0 Å². The van der Waals surface area contributed by atoms with Crippen molar-refractivity contribution in [3.63, 3.8) is 0 Å². The van der Waals surface area contributed by atoms with Crippen molar-refractivity contribution in [2.75, 3.05) is 13.7 Å². The molecule has 1 rings (SSSR count). The van der Waals surface area contributed by atoms with E-state index in [1.54, 1.807) is 17.8 Å². The maximum atomic E-state index is 11.8. The van der Waals surface area contributed by atoms with E-state index in [4.69, 9.17) is 0 Å². The molecule has 0 saturated carbocycles. The van der Waals surface area contributed by atoms with Crippen molar-refractivity contribution in [2.45, 2.75) is 12.7 Å². The Morgan fingerprint density at radius 1 is 1.59 bits per heavy atom. The zero-order valence-corrected chi connectivity index (χ0v) is 9.36. The molecule has 0 aromatic carbocycles. The van der Waals surface area contributed by atoms with Crippen LogP contribution < -0.4 is 0 Å². The Bertz CT molecular complexity index is 389. The number of carbonyl (C=O) groups excluding carboxylic acids is 1. The summed E-state index contributed by atoms with van der Waals surface area (Å²) in [5.41, 5.74) is 0. The highest BCUT2D eigenvalue weighted by atomic mass is 19.4. The van der Waals surface area contributed by atoms with Gasteiger partial charge in [0.15, 0.2) is 6.61 Å². The van der Waals surface area contributed by atoms with E-state index in [1.165, 1.54) is 13.2 Å². The monoisotopic (exact) mass is 251 g/mol. The zero-order chi connectivity index (χ0) is 13.1. The van der Waals surface area contributed by atoms with Crippen LogP contribution in [0.3, 0.4) is 0 Å². The third-order valence-electron chi connectivity index (χ3n) is 1.97. The Kier molecular flexibility index (Phi) is 3.97. The highest BCUT2D eigenvalue weighted by Crippen LogP contribution is 2.15. The molecule has 8 heteroatoms. The first-order chi connectivity index (χ1) is 7.79. The highest BCUT2D eigenvalue weighted by Gasteiger charge is 2.30. The lowest BCUT2D eigenvalue weighted by atomic mass is 10.5. The largest absolute Gasteiger partial charge is 0.440 e. The van der Waals surface area contributed by atoms with Crippen LogP contribution in [0.4, 0.5) is 18.0 Å². The quantitative estimate of drug-likeness (QED) is 0.818. The summed E-state index contributed by atoms with van der Waals surface area (Å²) < 4.78 is 41.2. The van der Waals surface area contributed by atoms with Gasteiger partial charge >= 0.3 is 12.3 Å². The molecule has 1 aromatic heterocycles. The van der Waals surface area contributed by atoms with Crippen LogP contribution in [0.25, 0.3) is 0 Å². The molecule has 17 heavy (non-hydrogen) atoms. The van der Waals surface area contributed by atoms with Gasteiger partial charge in [-0.3, -0.25) is 0 Å². The van der Waals surface area contributed by atoms with Crippen molar-refractivity contribution in [1.29, 1.82) is 0 Å². The Balaban J connectivity index is 2.45. The first kappa shape index (κ1) is 13.3. The Morgan fingerprint density at radius 2 is 2.24 bits per heavy atom. The molecular weight excluding hydrogens is 239 g/mol. The number of nitrogens with zero attached hydrogens (tertiary/aromatic N) is 3. The number of rotatable bonds is 3. The first-order valence-corrected chi connectivity index (χ1v) is 4.70. The van der Waals surface area contributed by atoms with Crippen molar-refractivity contribution in [2.24, 2.45) is 7.05 Å². The molecule has 1 heterocycles. The summed E-state index contributed by atoms with van der Waals surface area (Å²) in [6.07, 6.45) is -2.35. The molecule has 0 bridgehead atoms. The Labute approximate surface area is 95.8 Å². The van der Waals surface area contributed by atoms with Crippen molar-refractivity contribution < 1.29 is 22.7 Å². The fourth-order valence-corrected chi connectivity index (χ4v) is 1.08. The second-order valence-electron chi connectivity index (χ2n) is 3.48.